The summed E-state index contributed by atoms with van der Waals surface area (Å²) in [6, 6.07) is 6.40. The van der Waals surface area contributed by atoms with Crippen molar-refractivity contribution in [1.29, 1.82) is 0 Å². The molecule has 1 amide bonds. The lowest BCUT2D eigenvalue weighted by Gasteiger charge is -2.44. The Hall–Kier alpha value is -2.77. The van der Waals surface area contributed by atoms with Crippen LogP contribution in [0.5, 0.6) is 0 Å². The zero-order chi connectivity index (χ0) is 25.0. The van der Waals surface area contributed by atoms with Gasteiger partial charge in [0.1, 0.15) is 5.78 Å². The second kappa shape index (κ2) is 10.9. The molecule has 0 saturated heterocycles. The summed E-state index contributed by atoms with van der Waals surface area (Å²) in [7, 11) is 0. The van der Waals surface area contributed by atoms with E-state index < -0.39 is 23.3 Å². The molecule has 1 aromatic heterocycles. The van der Waals surface area contributed by atoms with Crippen molar-refractivity contribution >= 4 is 52.3 Å². The number of pyridine rings is 1. The molecule has 2 aliphatic carbocycles. The Labute approximate surface area is 214 Å². The largest absolute Gasteiger partial charge is 0.464 e. The molecule has 1 heterocycles. The highest BCUT2D eigenvalue weighted by atomic mass is 35.5. The number of aromatic nitrogens is 1. The average molecular weight is 516 g/mol. The van der Waals surface area contributed by atoms with Crippen molar-refractivity contribution in [3.05, 3.63) is 57.8 Å². The molecular formula is C26H27Cl2N3O4. The molecule has 9 heteroatoms. The van der Waals surface area contributed by atoms with E-state index in [1.165, 1.54) is 12.4 Å². The van der Waals surface area contributed by atoms with Crippen LogP contribution in [0.2, 0.25) is 10.0 Å². The van der Waals surface area contributed by atoms with Gasteiger partial charge in [-0.1, -0.05) is 54.6 Å². The van der Waals surface area contributed by atoms with E-state index >= 15 is 0 Å². The summed E-state index contributed by atoms with van der Waals surface area (Å²) in [5.74, 6) is -0.601. The average Bonchev–Trinajstić information content (AvgIpc) is 2.85. The molecule has 2 saturated carbocycles. The first-order chi connectivity index (χ1) is 16.8. The van der Waals surface area contributed by atoms with Gasteiger partial charge in [0.25, 0.3) is 5.91 Å². The number of amides is 1. The number of benzene rings is 1. The molecule has 2 aliphatic rings. The smallest absolute Gasteiger partial charge is 0.331 e. The minimum Gasteiger partial charge on any atom is -0.464 e. The molecule has 4 rings (SSSR count). The van der Waals surface area contributed by atoms with Crippen LogP contribution in [0.1, 0.15) is 61.4 Å². The number of anilines is 1. The third-order valence-corrected chi connectivity index (χ3v) is 7.29. The molecule has 0 bridgehead atoms. The predicted octanol–water partition coefficient (Wildman–Crippen LogP) is 5.48. The van der Waals surface area contributed by atoms with Gasteiger partial charge in [0.15, 0.2) is 6.04 Å². The molecule has 1 unspecified atom stereocenters. The standard InChI is InChI=1S/C26H27Cl2N3O4/c1-2-35-25(34)20(31-21-13-22(32)26(21)10-4-3-5-11-26)12-16-6-8-17(9-7-16)30-24(33)23-18(27)14-29-15-19(23)28/h6-9,14-15,20H,2-5,10-13H2,1H3,(H,30,33). The van der Waals surface area contributed by atoms with E-state index in [2.05, 4.69) is 10.3 Å². The molecule has 2 aromatic rings. The number of esters is 1. The van der Waals surface area contributed by atoms with E-state index in [1.807, 2.05) is 12.1 Å². The van der Waals surface area contributed by atoms with Crippen molar-refractivity contribution in [2.75, 3.05) is 11.9 Å². The van der Waals surface area contributed by atoms with Gasteiger partial charge in [0.05, 0.1) is 27.6 Å². The van der Waals surface area contributed by atoms with Crippen molar-refractivity contribution in [3.63, 3.8) is 0 Å². The summed E-state index contributed by atoms with van der Waals surface area (Å²) in [5.41, 5.74) is 1.93. The van der Waals surface area contributed by atoms with Crippen LogP contribution in [0.3, 0.4) is 0 Å². The summed E-state index contributed by atoms with van der Waals surface area (Å²) >= 11 is 12.1. The second-order valence-corrected chi connectivity index (χ2v) is 9.73. The topological polar surface area (TPSA) is 97.7 Å². The van der Waals surface area contributed by atoms with Gasteiger partial charge in [-0.05, 0) is 37.5 Å². The van der Waals surface area contributed by atoms with Crippen LogP contribution in [-0.4, -0.2) is 41.0 Å². The molecule has 7 nitrogen and oxygen atoms in total. The molecule has 1 atom stereocenters. The van der Waals surface area contributed by atoms with Crippen LogP contribution in [0.25, 0.3) is 0 Å². The van der Waals surface area contributed by atoms with Crippen LogP contribution in [0, 0.1) is 5.41 Å². The summed E-state index contributed by atoms with van der Waals surface area (Å²) in [6.07, 6.45) is 8.16. The number of Topliss-reactive ketones (excluding diaryl/α,β-unsaturated/α-hetero) is 1. The highest BCUT2D eigenvalue weighted by molar-refractivity contribution is 6.40. The maximum atomic E-state index is 12.7. The van der Waals surface area contributed by atoms with Gasteiger partial charge < -0.3 is 10.1 Å². The van der Waals surface area contributed by atoms with Crippen LogP contribution in [0.15, 0.2) is 41.7 Å². The Balaban J connectivity index is 1.49. The monoisotopic (exact) mass is 515 g/mol. The van der Waals surface area contributed by atoms with Gasteiger partial charge in [0.2, 0.25) is 0 Å². The summed E-state index contributed by atoms with van der Waals surface area (Å²) in [5, 5.41) is 3.09. The van der Waals surface area contributed by atoms with Gasteiger partial charge in [-0.2, -0.15) is 0 Å². The fourth-order valence-corrected chi connectivity index (χ4v) is 5.35. The van der Waals surface area contributed by atoms with Crippen LogP contribution < -0.4 is 5.32 Å². The van der Waals surface area contributed by atoms with Gasteiger partial charge in [-0.3, -0.25) is 19.6 Å². The van der Waals surface area contributed by atoms with Gasteiger partial charge in [-0.15, -0.1) is 0 Å². The maximum absolute atomic E-state index is 12.7. The Morgan fingerprint density at radius 2 is 1.77 bits per heavy atom. The van der Waals surface area contributed by atoms with E-state index in [9.17, 15) is 14.4 Å². The number of nitrogens with zero attached hydrogens (tertiary/aromatic N) is 2. The molecule has 0 aliphatic heterocycles. The van der Waals surface area contributed by atoms with E-state index in [0.29, 0.717) is 18.5 Å². The fourth-order valence-electron chi connectivity index (χ4n) is 4.81. The highest BCUT2D eigenvalue weighted by Crippen LogP contribution is 2.47. The SMILES string of the molecule is CCOC(=O)C(Cc1ccc(NC(=O)c2c(Cl)cncc2Cl)cc1)N=C1CC(=O)C12CCCCC2. The van der Waals surface area contributed by atoms with Gasteiger partial charge in [-0.25, -0.2) is 4.79 Å². The molecule has 1 spiro atoms. The van der Waals surface area contributed by atoms with Crippen molar-refractivity contribution < 1.29 is 19.1 Å². The van der Waals surface area contributed by atoms with E-state index in [1.54, 1.807) is 19.1 Å². The summed E-state index contributed by atoms with van der Waals surface area (Å²) < 4.78 is 5.28. The van der Waals surface area contributed by atoms with Crippen LogP contribution in [-0.2, 0) is 20.7 Å². The number of hydrogen-bond donors (Lipinski definition) is 1. The molecule has 1 aromatic carbocycles. The minimum atomic E-state index is -0.716. The van der Waals surface area contributed by atoms with Crippen molar-refractivity contribution in [2.24, 2.45) is 10.4 Å². The number of rotatable bonds is 7. The lowest BCUT2D eigenvalue weighted by Crippen LogP contribution is -2.52. The van der Waals surface area contributed by atoms with Crippen LogP contribution in [0.4, 0.5) is 5.69 Å². The van der Waals surface area contributed by atoms with Gasteiger partial charge in [0, 0.05) is 36.6 Å². The molecular weight excluding hydrogens is 489 g/mol. The molecule has 35 heavy (non-hydrogen) atoms. The Morgan fingerprint density at radius 3 is 2.37 bits per heavy atom. The van der Waals surface area contributed by atoms with E-state index in [-0.39, 0.29) is 28.0 Å². The third kappa shape index (κ3) is 5.41. The minimum absolute atomic E-state index is 0.150. The third-order valence-electron chi connectivity index (χ3n) is 6.71. The first-order valence-electron chi connectivity index (χ1n) is 11.8. The van der Waals surface area contributed by atoms with Gasteiger partial charge >= 0.3 is 5.97 Å². The van der Waals surface area contributed by atoms with E-state index in [4.69, 9.17) is 32.9 Å². The first kappa shape index (κ1) is 25.3. The number of carbonyl (C=O) groups is 3. The van der Waals surface area contributed by atoms with Crippen molar-refractivity contribution in [1.82, 2.24) is 4.98 Å². The summed E-state index contributed by atoms with van der Waals surface area (Å²) in [4.78, 5) is 46.4. The maximum Gasteiger partial charge on any atom is 0.331 e. The first-order valence-corrected chi connectivity index (χ1v) is 12.6. The molecule has 0 radical (unpaired) electrons. The second-order valence-electron chi connectivity index (χ2n) is 8.92. The Kier molecular flexibility index (Phi) is 7.87. The van der Waals surface area contributed by atoms with Crippen molar-refractivity contribution in [3.8, 4) is 0 Å². The Bertz CT molecular complexity index is 1140. The predicted molar refractivity (Wildman–Crippen MR) is 135 cm³/mol. The quantitative estimate of drug-likeness (QED) is 0.492. The highest BCUT2D eigenvalue weighted by Gasteiger charge is 2.52. The molecule has 1 N–H and O–H groups in total. The lowest BCUT2D eigenvalue weighted by molar-refractivity contribution is -0.144. The normalized spacial score (nSPS) is 18.7. The molecule has 184 valence electrons. The summed E-state index contributed by atoms with van der Waals surface area (Å²) in [6.45, 7) is 2.02. The number of ether oxygens (including phenoxy) is 1. The molecule has 2 fully saturated rings. The Morgan fingerprint density at radius 1 is 1.11 bits per heavy atom. The lowest BCUT2D eigenvalue weighted by atomic mass is 9.58. The zero-order valence-electron chi connectivity index (χ0n) is 19.5. The fraction of sp³-hybridized carbons (Fsp3) is 0.423. The van der Waals surface area contributed by atoms with Crippen molar-refractivity contribution in [2.45, 2.75) is 57.9 Å². The number of halogens is 2. The number of carbonyl (C=O) groups excluding carboxylic acids is 3. The zero-order valence-corrected chi connectivity index (χ0v) is 21.0. The number of nitrogens with one attached hydrogen (secondary N) is 1. The van der Waals surface area contributed by atoms with E-state index in [0.717, 1.165) is 43.4 Å². The number of aliphatic imine (C=N–C) groups is 1. The number of hydrogen-bond acceptors (Lipinski definition) is 6. The number of ketones is 1. The van der Waals surface area contributed by atoms with Crippen LogP contribution >= 0.6 is 23.2 Å².